The van der Waals surface area contributed by atoms with Gasteiger partial charge in [0, 0.05) is 43.0 Å². The molecular formula is C27H33N3O4. The van der Waals surface area contributed by atoms with Crippen molar-refractivity contribution in [1.82, 2.24) is 10.2 Å². The maximum absolute atomic E-state index is 13.4. The Bertz CT molecular complexity index is 1010. The Morgan fingerprint density at radius 3 is 2.47 bits per heavy atom. The van der Waals surface area contributed by atoms with E-state index in [9.17, 15) is 14.7 Å². The average molecular weight is 464 g/mol. The summed E-state index contributed by atoms with van der Waals surface area (Å²) in [7, 11) is 1.49. The minimum absolute atomic E-state index is 0.00514. The highest BCUT2D eigenvalue weighted by Crippen LogP contribution is 2.26. The fraction of sp³-hybridized carbons (Fsp3) is 0.444. The topological polar surface area (TPSA) is 91.2 Å². The molecule has 0 spiro atoms. The number of nitrogens with zero attached hydrogens (tertiary/aromatic N) is 2. The normalized spacial score (nSPS) is 23.6. The Hall–Kier alpha value is -3.19. The molecule has 7 heteroatoms. The molecular weight excluding hydrogens is 430 g/mol. The maximum Gasteiger partial charge on any atom is 0.254 e. The summed E-state index contributed by atoms with van der Waals surface area (Å²) in [6, 6.07) is 17.3. The van der Waals surface area contributed by atoms with Crippen molar-refractivity contribution in [2.75, 3.05) is 20.3 Å². The molecule has 1 aliphatic carbocycles. The molecule has 0 aromatic heterocycles. The van der Waals surface area contributed by atoms with Crippen molar-refractivity contribution < 1.29 is 19.5 Å². The van der Waals surface area contributed by atoms with Gasteiger partial charge in [-0.3, -0.25) is 9.59 Å². The summed E-state index contributed by atoms with van der Waals surface area (Å²) in [5.41, 5.74) is 3.47. The van der Waals surface area contributed by atoms with Crippen molar-refractivity contribution in [3.8, 4) is 11.1 Å². The molecule has 1 aliphatic heterocycles. The predicted octanol–water partition coefficient (Wildman–Crippen LogP) is 3.63. The molecule has 4 rings (SSSR count). The maximum atomic E-state index is 13.4. The van der Waals surface area contributed by atoms with Crippen LogP contribution in [0.1, 0.15) is 48.9 Å². The number of oxime groups is 1. The summed E-state index contributed by atoms with van der Waals surface area (Å²) in [5, 5.41) is 16.8. The van der Waals surface area contributed by atoms with Crippen LogP contribution in [0.3, 0.4) is 0 Å². The van der Waals surface area contributed by atoms with Gasteiger partial charge in [-0.15, -0.1) is 0 Å². The lowest BCUT2D eigenvalue weighted by Gasteiger charge is -2.31. The Morgan fingerprint density at radius 1 is 1.06 bits per heavy atom. The number of carbonyl (C=O) groups excluding carboxylic acids is 2. The van der Waals surface area contributed by atoms with Gasteiger partial charge >= 0.3 is 0 Å². The number of nitrogens with one attached hydrogen (secondary N) is 1. The van der Waals surface area contributed by atoms with Crippen LogP contribution in [0.25, 0.3) is 11.1 Å². The molecule has 0 unspecified atom stereocenters. The summed E-state index contributed by atoms with van der Waals surface area (Å²) in [6.07, 6.45) is 4.66. The molecule has 2 aliphatic rings. The molecule has 2 fully saturated rings. The van der Waals surface area contributed by atoms with Crippen LogP contribution < -0.4 is 5.32 Å². The highest BCUT2D eigenvalue weighted by molar-refractivity contribution is 6.01. The van der Waals surface area contributed by atoms with Gasteiger partial charge < -0.3 is 20.2 Å². The predicted molar refractivity (Wildman–Crippen MR) is 131 cm³/mol. The molecule has 1 heterocycles. The Morgan fingerprint density at radius 2 is 1.76 bits per heavy atom. The number of aliphatic hydroxyl groups excluding tert-OH is 1. The molecule has 0 radical (unpaired) electrons. The highest BCUT2D eigenvalue weighted by Gasteiger charge is 2.36. The first-order chi connectivity index (χ1) is 16.6. The zero-order valence-corrected chi connectivity index (χ0v) is 19.7. The summed E-state index contributed by atoms with van der Waals surface area (Å²) in [5.74, 6) is -0.108. The summed E-state index contributed by atoms with van der Waals surface area (Å²) >= 11 is 0. The molecule has 2 N–H and O–H groups in total. The second-order valence-electron chi connectivity index (χ2n) is 9.18. The molecule has 180 valence electrons. The fourth-order valence-electron chi connectivity index (χ4n) is 5.09. The number of likely N-dealkylation sites (tertiary alicyclic amines) is 1. The van der Waals surface area contributed by atoms with E-state index >= 15 is 0 Å². The standard InChI is InChI=1S/C27H33N3O4/c1-34-29-23-15-24(16-26(32)28-25-10-6-5-9-22(25)18-31)30(17-23)27(33)21-13-11-20(12-14-21)19-7-3-2-4-8-19/h2-4,7-8,11-14,22,24-25,31H,5-6,9-10,15-18H2,1H3,(H,28,32)/t22-,24-,25+/m0/s1. The van der Waals surface area contributed by atoms with Crippen molar-refractivity contribution in [1.29, 1.82) is 0 Å². The quantitative estimate of drug-likeness (QED) is 0.614. The zero-order chi connectivity index (χ0) is 23.9. The number of carbonyl (C=O) groups is 2. The Kier molecular flexibility index (Phi) is 7.95. The van der Waals surface area contributed by atoms with Gasteiger partial charge in [-0.2, -0.15) is 0 Å². The third-order valence-electron chi connectivity index (χ3n) is 6.90. The second-order valence-corrected chi connectivity index (χ2v) is 9.18. The molecule has 3 atom stereocenters. The van der Waals surface area contributed by atoms with E-state index in [1.54, 1.807) is 4.90 Å². The first-order valence-electron chi connectivity index (χ1n) is 12.0. The molecule has 2 aromatic carbocycles. The van der Waals surface area contributed by atoms with E-state index in [-0.39, 0.29) is 42.8 Å². The minimum atomic E-state index is -0.286. The van der Waals surface area contributed by atoms with Crippen LogP contribution in [0, 0.1) is 5.92 Å². The monoisotopic (exact) mass is 463 g/mol. The van der Waals surface area contributed by atoms with E-state index < -0.39 is 0 Å². The summed E-state index contributed by atoms with van der Waals surface area (Å²) < 4.78 is 0. The Labute approximate surface area is 200 Å². The Balaban J connectivity index is 1.45. The van der Waals surface area contributed by atoms with Crippen molar-refractivity contribution in [2.24, 2.45) is 11.1 Å². The molecule has 7 nitrogen and oxygen atoms in total. The SMILES string of the molecule is CON=C1C[C@@H](CC(=O)N[C@@H]2CCCC[C@H]2CO)N(C(=O)c2ccc(-c3ccccc3)cc2)C1. The van der Waals surface area contributed by atoms with Crippen LogP contribution in [0.4, 0.5) is 0 Å². The number of aliphatic hydroxyl groups is 1. The van der Waals surface area contributed by atoms with Crippen LogP contribution in [-0.4, -0.2) is 59.9 Å². The van der Waals surface area contributed by atoms with Gasteiger partial charge in [0.1, 0.15) is 7.11 Å². The molecule has 2 amide bonds. The second kappa shape index (κ2) is 11.3. The van der Waals surface area contributed by atoms with Gasteiger partial charge in [0.15, 0.2) is 0 Å². The smallest absolute Gasteiger partial charge is 0.254 e. The van der Waals surface area contributed by atoms with Crippen LogP contribution in [-0.2, 0) is 9.63 Å². The van der Waals surface area contributed by atoms with Crippen LogP contribution in [0.15, 0.2) is 59.8 Å². The first-order valence-corrected chi connectivity index (χ1v) is 12.0. The van der Waals surface area contributed by atoms with Crippen LogP contribution in [0.2, 0.25) is 0 Å². The lowest BCUT2D eigenvalue weighted by atomic mass is 9.85. The average Bonchev–Trinajstić information content (AvgIpc) is 3.26. The van der Waals surface area contributed by atoms with Gasteiger partial charge in [-0.25, -0.2) is 0 Å². The molecule has 1 saturated carbocycles. The third-order valence-corrected chi connectivity index (χ3v) is 6.90. The fourth-order valence-corrected chi connectivity index (χ4v) is 5.09. The van der Waals surface area contributed by atoms with E-state index in [1.165, 1.54) is 7.11 Å². The largest absolute Gasteiger partial charge is 0.399 e. The number of benzene rings is 2. The molecule has 34 heavy (non-hydrogen) atoms. The highest BCUT2D eigenvalue weighted by atomic mass is 16.6. The lowest BCUT2D eigenvalue weighted by molar-refractivity contribution is -0.123. The summed E-state index contributed by atoms with van der Waals surface area (Å²) in [6.45, 7) is 0.427. The van der Waals surface area contributed by atoms with E-state index in [1.807, 2.05) is 54.6 Å². The summed E-state index contributed by atoms with van der Waals surface area (Å²) in [4.78, 5) is 33.0. The molecule has 1 saturated heterocycles. The van der Waals surface area contributed by atoms with Crippen molar-refractivity contribution >= 4 is 17.5 Å². The van der Waals surface area contributed by atoms with E-state index in [0.717, 1.165) is 42.5 Å². The van der Waals surface area contributed by atoms with E-state index in [4.69, 9.17) is 4.84 Å². The van der Waals surface area contributed by atoms with Crippen LogP contribution >= 0.6 is 0 Å². The minimum Gasteiger partial charge on any atom is -0.399 e. The van der Waals surface area contributed by atoms with Crippen molar-refractivity contribution in [2.45, 2.75) is 50.6 Å². The van der Waals surface area contributed by atoms with Crippen molar-refractivity contribution in [3.05, 3.63) is 60.2 Å². The number of hydrogen-bond donors (Lipinski definition) is 2. The number of amides is 2. The third kappa shape index (κ3) is 5.65. The van der Waals surface area contributed by atoms with Gasteiger partial charge in [0.05, 0.1) is 12.3 Å². The van der Waals surface area contributed by atoms with Gasteiger partial charge in [0.2, 0.25) is 5.91 Å². The lowest BCUT2D eigenvalue weighted by Crippen LogP contribution is -2.46. The van der Waals surface area contributed by atoms with E-state index in [2.05, 4.69) is 10.5 Å². The molecule has 2 aromatic rings. The molecule has 0 bridgehead atoms. The van der Waals surface area contributed by atoms with E-state index in [0.29, 0.717) is 18.5 Å². The van der Waals surface area contributed by atoms with Crippen molar-refractivity contribution in [3.63, 3.8) is 0 Å². The first kappa shape index (κ1) is 24.0. The van der Waals surface area contributed by atoms with Gasteiger partial charge in [-0.1, -0.05) is 60.5 Å². The van der Waals surface area contributed by atoms with Gasteiger partial charge in [-0.05, 0) is 36.1 Å². The zero-order valence-electron chi connectivity index (χ0n) is 19.7. The number of rotatable bonds is 7. The van der Waals surface area contributed by atoms with Gasteiger partial charge in [0.25, 0.3) is 5.91 Å². The number of hydrogen-bond acceptors (Lipinski definition) is 5. The van der Waals surface area contributed by atoms with Crippen LogP contribution in [0.5, 0.6) is 0 Å².